The smallest absolute Gasteiger partial charge is 0.230 e. The van der Waals surface area contributed by atoms with Gasteiger partial charge < -0.3 is 10.1 Å². The number of carbonyl (C=O) groups is 2. The Labute approximate surface area is 167 Å². The maximum atomic E-state index is 13.1. The third kappa shape index (κ3) is 2.97. The molecule has 1 aliphatic carbocycles. The fourth-order valence-electron chi connectivity index (χ4n) is 5.27. The van der Waals surface area contributed by atoms with Crippen molar-refractivity contribution in [2.24, 2.45) is 5.41 Å². The Bertz CT molecular complexity index is 934. The molecule has 0 saturated heterocycles. The summed E-state index contributed by atoms with van der Waals surface area (Å²) in [6.45, 7) is 6.30. The van der Waals surface area contributed by atoms with Crippen LogP contribution in [0.4, 0.5) is 5.69 Å². The number of aldehydes is 1. The van der Waals surface area contributed by atoms with Gasteiger partial charge in [0.2, 0.25) is 5.91 Å². The summed E-state index contributed by atoms with van der Waals surface area (Å²) in [7, 11) is 0. The molecule has 1 amide bonds. The Hall–Kier alpha value is -2.42. The van der Waals surface area contributed by atoms with Gasteiger partial charge >= 0.3 is 0 Å². The fourth-order valence-corrected chi connectivity index (χ4v) is 5.27. The highest BCUT2D eigenvalue weighted by Gasteiger charge is 2.44. The van der Waals surface area contributed by atoms with Crippen molar-refractivity contribution in [3.63, 3.8) is 0 Å². The molecule has 4 rings (SSSR count). The summed E-state index contributed by atoms with van der Waals surface area (Å²) < 4.78 is 0. The van der Waals surface area contributed by atoms with Gasteiger partial charge in [0.05, 0.1) is 5.41 Å². The minimum atomic E-state index is -0.251. The standard InChI is InChI=1S/C25H29NO2/c1-16-7-9-19(10-8-16)22-17(2)21-15-25(12-5-4-6-13-25)24(28)26-23(21)18(3)20(22)11-14-27/h7-10,14H,4-6,11-13,15H2,1-3H3,(H,26,28). The van der Waals surface area contributed by atoms with E-state index in [1.165, 1.54) is 28.7 Å². The predicted molar refractivity (Wildman–Crippen MR) is 114 cm³/mol. The fraction of sp³-hybridized carbons (Fsp3) is 0.440. The molecule has 0 atom stereocenters. The minimum Gasteiger partial charge on any atom is -0.325 e. The Kier molecular flexibility index (Phi) is 4.86. The average molecular weight is 376 g/mol. The second-order valence-electron chi connectivity index (χ2n) is 8.67. The molecule has 1 N–H and O–H groups in total. The third-order valence-electron chi connectivity index (χ3n) is 6.93. The zero-order chi connectivity index (χ0) is 19.9. The molecule has 2 aliphatic rings. The summed E-state index contributed by atoms with van der Waals surface area (Å²) in [5.74, 6) is 0.183. The second kappa shape index (κ2) is 7.20. The number of benzene rings is 2. The van der Waals surface area contributed by atoms with Crippen LogP contribution in [0.1, 0.15) is 59.9 Å². The Morgan fingerprint density at radius 2 is 1.68 bits per heavy atom. The first-order chi connectivity index (χ1) is 13.5. The van der Waals surface area contributed by atoms with Crippen molar-refractivity contribution < 1.29 is 9.59 Å². The zero-order valence-corrected chi connectivity index (χ0v) is 17.2. The lowest BCUT2D eigenvalue weighted by Gasteiger charge is -2.41. The molecule has 1 spiro atoms. The molecule has 3 heteroatoms. The van der Waals surface area contributed by atoms with Crippen molar-refractivity contribution in [3.8, 4) is 11.1 Å². The average Bonchev–Trinajstić information content (AvgIpc) is 2.70. The van der Waals surface area contributed by atoms with E-state index >= 15 is 0 Å². The summed E-state index contributed by atoms with van der Waals surface area (Å²) in [6, 6.07) is 8.54. The van der Waals surface area contributed by atoms with Gasteiger partial charge in [-0.25, -0.2) is 0 Å². The van der Waals surface area contributed by atoms with E-state index in [0.717, 1.165) is 60.8 Å². The van der Waals surface area contributed by atoms with Crippen LogP contribution < -0.4 is 5.32 Å². The SMILES string of the molecule is Cc1ccc(-c2c(C)c3c(c(C)c2CC=O)NC(=O)C2(CCCCC2)C3)cc1. The number of rotatable bonds is 3. The number of hydrogen-bond acceptors (Lipinski definition) is 2. The predicted octanol–water partition coefficient (Wildman–Crippen LogP) is 5.47. The second-order valence-corrected chi connectivity index (χ2v) is 8.67. The van der Waals surface area contributed by atoms with Crippen LogP contribution in [0.5, 0.6) is 0 Å². The highest BCUT2D eigenvalue weighted by molar-refractivity contribution is 6.01. The summed E-state index contributed by atoms with van der Waals surface area (Å²) in [5.41, 5.74) is 8.81. The van der Waals surface area contributed by atoms with E-state index < -0.39 is 0 Å². The van der Waals surface area contributed by atoms with Crippen LogP contribution in [0.3, 0.4) is 0 Å². The highest BCUT2D eigenvalue weighted by atomic mass is 16.2. The zero-order valence-electron chi connectivity index (χ0n) is 17.2. The lowest BCUT2D eigenvalue weighted by molar-refractivity contribution is -0.128. The van der Waals surface area contributed by atoms with Crippen LogP contribution in [0.2, 0.25) is 0 Å². The van der Waals surface area contributed by atoms with Gasteiger partial charge in [0, 0.05) is 12.1 Å². The van der Waals surface area contributed by atoms with Crippen molar-refractivity contribution in [3.05, 3.63) is 52.1 Å². The number of fused-ring (bicyclic) bond motifs is 1. The molecule has 1 saturated carbocycles. The molecule has 146 valence electrons. The molecular weight excluding hydrogens is 346 g/mol. The van der Waals surface area contributed by atoms with E-state index in [1.807, 2.05) is 6.92 Å². The summed E-state index contributed by atoms with van der Waals surface area (Å²) in [6.07, 6.45) is 7.61. The molecule has 1 fully saturated rings. The third-order valence-corrected chi connectivity index (χ3v) is 6.93. The molecule has 3 nitrogen and oxygen atoms in total. The molecular formula is C25H29NO2. The maximum absolute atomic E-state index is 13.1. The van der Waals surface area contributed by atoms with Gasteiger partial charge in [-0.1, -0.05) is 49.1 Å². The van der Waals surface area contributed by atoms with Gasteiger partial charge in [0.25, 0.3) is 0 Å². The van der Waals surface area contributed by atoms with E-state index in [2.05, 4.69) is 43.4 Å². The van der Waals surface area contributed by atoms with Crippen molar-refractivity contribution >= 4 is 17.9 Å². The van der Waals surface area contributed by atoms with Crippen LogP contribution >= 0.6 is 0 Å². The van der Waals surface area contributed by atoms with E-state index in [-0.39, 0.29) is 11.3 Å². The molecule has 1 heterocycles. The normalized spacial score (nSPS) is 17.9. The monoisotopic (exact) mass is 375 g/mol. The molecule has 28 heavy (non-hydrogen) atoms. The number of aryl methyl sites for hydroxylation is 1. The summed E-state index contributed by atoms with van der Waals surface area (Å²) in [5, 5.41) is 3.26. The van der Waals surface area contributed by atoms with E-state index in [0.29, 0.717) is 6.42 Å². The Morgan fingerprint density at radius 3 is 2.32 bits per heavy atom. The first-order valence-electron chi connectivity index (χ1n) is 10.4. The minimum absolute atomic E-state index is 0.183. The summed E-state index contributed by atoms with van der Waals surface area (Å²) in [4.78, 5) is 24.5. The highest BCUT2D eigenvalue weighted by Crippen LogP contribution is 2.48. The molecule has 0 aromatic heterocycles. The molecule has 1 aliphatic heterocycles. The first kappa shape index (κ1) is 18.9. The van der Waals surface area contributed by atoms with Gasteiger partial charge in [-0.05, 0) is 73.4 Å². The van der Waals surface area contributed by atoms with E-state index in [4.69, 9.17) is 0 Å². The lowest BCUT2D eigenvalue weighted by atomic mass is 9.66. The Balaban J connectivity index is 1.92. The quantitative estimate of drug-likeness (QED) is 0.724. The number of amides is 1. The van der Waals surface area contributed by atoms with Crippen molar-refractivity contribution in [1.82, 2.24) is 0 Å². The number of hydrogen-bond donors (Lipinski definition) is 1. The summed E-state index contributed by atoms with van der Waals surface area (Å²) >= 11 is 0. The molecule has 2 aromatic rings. The van der Waals surface area contributed by atoms with Crippen LogP contribution in [0, 0.1) is 26.2 Å². The maximum Gasteiger partial charge on any atom is 0.230 e. The molecule has 0 unspecified atom stereocenters. The van der Waals surface area contributed by atoms with Gasteiger partial charge in [-0.15, -0.1) is 0 Å². The van der Waals surface area contributed by atoms with Crippen molar-refractivity contribution in [2.75, 3.05) is 5.32 Å². The van der Waals surface area contributed by atoms with Crippen molar-refractivity contribution in [1.29, 1.82) is 0 Å². The van der Waals surface area contributed by atoms with Gasteiger partial charge in [0.15, 0.2) is 0 Å². The van der Waals surface area contributed by atoms with Crippen LogP contribution in [0.15, 0.2) is 24.3 Å². The Morgan fingerprint density at radius 1 is 1.00 bits per heavy atom. The van der Waals surface area contributed by atoms with Gasteiger partial charge in [-0.3, -0.25) is 4.79 Å². The molecule has 0 radical (unpaired) electrons. The first-order valence-corrected chi connectivity index (χ1v) is 10.4. The van der Waals surface area contributed by atoms with Crippen LogP contribution in [-0.2, 0) is 22.4 Å². The number of anilines is 1. The number of nitrogens with one attached hydrogen (secondary N) is 1. The van der Waals surface area contributed by atoms with E-state index in [1.54, 1.807) is 0 Å². The van der Waals surface area contributed by atoms with Gasteiger partial charge in [0.1, 0.15) is 6.29 Å². The number of carbonyl (C=O) groups excluding carboxylic acids is 2. The topological polar surface area (TPSA) is 46.2 Å². The van der Waals surface area contributed by atoms with Crippen LogP contribution in [0.25, 0.3) is 11.1 Å². The molecule has 2 aromatic carbocycles. The lowest BCUT2D eigenvalue weighted by Crippen LogP contribution is -2.44. The van der Waals surface area contributed by atoms with E-state index in [9.17, 15) is 9.59 Å². The van der Waals surface area contributed by atoms with Crippen LogP contribution in [-0.4, -0.2) is 12.2 Å². The largest absolute Gasteiger partial charge is 0.325 e. The van der Waals surface area contributed by atoms with Gasteiger partial charge in [-0.2, -0.15) is 0 Å². The molecule has 0 bridgehead atoms. The van der Waals surface area contributed by atoms with Crippen molar-refractivity contribution in [2.45, 2.75) is 65.7 Å².